The molecule has 1 rings (SSSR count). The van der Waals surface area contributed by atoms with Crippen LogP contribution in [-0.4, -0.2) is 74.2 Å². The first-order valence-corrected chi connectivity index (χ1v) is 10.9. The summed E-state index contributed by atoms with van der Waals surface area (Å²) in [6.07, 6.45) is 9.89. The molecule has 5 nitrogen and oxygen atoms in total. The second kappa shape index (κ2) is 14.4. The van der Waals surface area contributed by atoms with Crippen LogP contribution in [0.2, 0.25) is 0 Å². The standard InChI is InChI=1S/C21H43N3O2/c1-5-15-24(20-10-8-7-9-11-20)18-17-23(19(3)6-2)16-14-22-13-12-21(25)26-4/h19-20,22H,5-18H2,1-4H3. The lowest BCUT2D eigenvalue weighted by Gasteiger charge is -2.37. The monoisotopic (exact) mass is 369 g/mol. The Morgan fingerprint density at radius 2 is 1.81 bits per heavy atom. The van der Waals surface area contributed by atoms with Gasteiger partial charge in [0.2, 0.25) is 0 Å². The topological polar surface area (TPSA) is 44.8 Å². The van der Waals surface area contributed by atoms with E-state index in [1.165, 1.54) is 65.1 Å². The van der Waals surface area contributed by atoms with Crippen molar-refractivity contribution in [3.05, 3.63) is 0 Å². The first-order valence-electron chi connectivity index (χ1n) is 10.9. The van der Waals surface area contributed by atoms with Crippen LogP contribution in [0.4, 0.5) is 0 Å². The summed E-state index contributed by atoms with van der Waals surface area (Å²) in [5.41, 5.74) is 0. The lowest BCUT2D eigenvalue weighted by atomic mass is 9.94. The molecule has 1 aliphatic carbocycles. The molecule has 0 saturated heterocycles. The number of nitrogens with one attached hydrogen (secondary N) is 1. The van der Waals surface area contributed by atoms with Gasteiger partial charge in [0.15, 0.2) is 0 Å². The van der Waals surface area contributed by atoms with Gasteiger partial charge in [-0.1, -0.05) is 33.1 Å². The van der Waals surface area contributed by atoms with Crippen molar-refractivity contribution in [2.45, 2.75) is 84.2 Å². The molecule has 1 fully saturated rings. The zero-order chi connectivity index (χ0) is 19.2. The van der Waals surface area contributed by atoms with Crippen molar-refractivity contribution in [3.63, 3.8) is 0 Å². The average molecular weight is 370 g/mol. The molecule has 0 aromatic carbocycles. The number of carbonyl (C=O) groups is 1. The zero-order valence-corrected chi connectivity index (χ0v) is 17.8. The SMILES string of the molecule is CCCN(CCN(CCNCCC(=O)OC)C(C)CC)C1CCCCC1. The number of nitrogens with zero attached hydrogens (tertiary/aromatic N) is 2. The van der Waals surface area contributed by atoms with Crippen molar-refractivity contribution in [2.75, 3.05) is 46.4 Å². The maximum atomic E-state index is 11.2. The van der Waals surface area contributed by atoms with Gasteiger partial charge in [-0.15, -0.1) is 0 Å². The summed E-state index contributed by atoms with van der Waals surface area (Å²) in [5.74, 6) is -0.140. The predicted octanol–water partition coefficient (Wildman–Crippen LogP) is 3.28. The van der Waals surface area contributed by atoms with Crippen molar-refractivity contribution < 1.29 is 9.53 Å². The van der Waals surface area contributed by atoms with Gasteiger partial charge in [0.25, 0.3) is 0 Å². The second-order valence-electron chi connectivity index (χ2n) is 7.70. The molecule has 0 heterocycles. The van der Waals surface area contributed by atoms with Crippen molar-refractivity contribution >= 4 is 5.97 Å². The van der Waals surface area contributed by atoms with Crippen LogP contribution in [0.5, 0.6) is 0 Å². The lowest BCUT2D eigenvalue weighted by Crippen LogP contribution is -2.46. The Balaban J connectivity index is 2.39. The maximum absolute atomic E-state index is 11.2. The van der Waals surface area contributed by atoms with Crippen molar-refractivity contribution in [1.29, 1.82) is 0 Å². The third-order valence-corrected chi connectivity index (χ3v) is 5.80. The quantitative estimate of drug-likeness (QED) is 0.376. The summed E-state index contributed by atoms with van der Waals surface area (Å²) in [4.78, 5) is 16.5. The molecular weight excluding hydrogens is 326 g/mol. The van der Waals surface area contributed by atoms with Crippen LogP contribution in [0.3, 0.4) is 0 Å². The molecule has 0 spiro atoms. The molecule has 5 heteroatoms. The van der Waals surface area contributed by atoms with Gasteiger partial charge < -0.3 is 10.1 Å². The lowest BCUT2D eigenvalue weighted by molar-refractivity contribution is -0.140. The first kappa shape index (κ1) is 23.4. The number of ether oxygens (including phenoxy) is 1. The molecule has 0 amide bonds. The van der Waals surface area contributed by atoms with Crippen LogP contribution in [0, 0.1) is 0 Å². The fourth-order valence-corrected chi connectivity index (χ4v) is 3.92. The van der Waals surface area contributed by atoms with E-state index in [9.17, 15) is 4.79 Å². The number of hydrogen-bond acceptors (Lipinski definition) is 5. The molecule has 154 valence electrons. The molecule has 1 atom stereocenters. The number of carbonyl (C=O) groups excluding carboxylic acids is 1. The molecule has 1 unspecified atom stereocenters. The highest BCUT2D eigenvalue weighted by atomic mass is 16.5. The molecule has 26 heavy (non-hydrogen) atoms. The Bertz CT molecular complexity index is 359. The molecule has 1 saturated carbocycles. The summed E-state index contributed by atoms with van der Waals surface area (Å²) in [6, 6.07) is 1.41. The van der Waals surface area contributed by atoms with Gasteiger partial charge in [-0.3, -0.25) is 14.6 Å². The van der Waals surface area contributed by atoms with Gasteiger partial charge >= 0.3 is 5.97 Å². The summed E-state index contributed by atoms with van der Waals surface area (Å²) in [6.45, 7) is 13.1. The Morgan fingerprint density at radius 3 is 2.42 bits per heavy atom. The molecule has 0 aromatic heterocycles. The molecular formula is C21H43N3O2. The average Bonchev–Trinajstić information content (AvgIpc) is 2.68. The summed E-state index contributed by atoms with van der Waals surface area (Å²) in [7, 11) is 1.45. The molecule has 0 aromatic rings. The Hall–Kier alpha value is -0.650. The summed E-state index contributed by atoms with van der Waals surface area (Å²) < 4.78 is 4.68. The fraction of sp³-hybridized carbons (Fsp3) is 0.952. The van der Waals surface area contributed by atoms with Crippen LogP contribution in [0.25, 0.3) is 0 Å². The Kier molecular flexibility index (Phi) is 13.0. The van der Waals surface area contributed by atoms with Gasteiger partial charge in [0.05, 0.1) is 13.5 Å². The number of esters is 1. The van der Waals surface area contributed by atoms with E-state index in [1.54, 1.807) is 0 Å². The molecule has 0 bridgehead atoms. The molecule has 1 N–H and O–H groups in total. The van der Waals surface area contributed by atoms with E-state index in [0.29, 0.717) is 19.0 Å². The van der Waals surface area contributed by atoms with E-state index in [-0.39, 0.29) is 5.97 Å². The minimum Gasteiger partial charge on any atom is -0.469 e. The van der Waals surface area contributed by atoms with E-state index in [1.807, 2.05) is 0 Å². The maximum Gasteiger partial charge on any atom is 0.306 e. The number of methoxy groups -OCH3 is 1. The summed E-state index contributed by atoms with van der Waals surface area (Å²) >= 11 is 0. The highest BCUT2D eigenvalue weighted by Crippen LogP contribution is 2.22. The van der Waals surface area contributed by atoms with Crippen LogP contribution < -0.4 is 5.32 Å². The van der Waals surface area contributed by atoms with E-state index in [2.05, 4.69) is 40.6 Å². The largest absolute Gasteiger partial charge is 0.469 e. The van der Waals surface area contributed by atoms with Crippen LogP contribution in [-0.2, 0) is 9.53 Å². The smallest absolute Gasteiger partial charge is 0.306 e. The minimum absolute atomic E-state index is 0.140. The van der Waals surface area contributed by atoms with E-state index in [4.69, 9.17) is 0 Å². The highest BCUT2D eigenvalue weighted by molar-refractivity contribution is 5.69. The summed E-state index contributed by atoms with van der Waals surface area (Å²) in [5, 5.41) is 3.38. The van der Waals surface area contributed by atoms with Crippen molar-refractivity contribution in [3.8, 4) is 0 Å². The number of rotatable bonds is 14. The molecule has 0 radical (unpaired) electrons. The van der Waals surface area contributed by atoms with Gasteiger partial charge in [0, 0.05) is 44.8 Å². The second-order valence-corrected chi connectivity index (χ2v) is 7.70. The van der Waals surface area contributed by atoms with E-state index in [0.717, 1.165) is 25.7 Å². The van der Waals surface area contributed by atoms with Gasteiger partial charge in [0.1, 0.15) is 0 Å². The van der Waals surface area contributed by atoms with Crippen LogP contribution >= 0.6 is 0 Å². The van der Waals surface area contributed by atoms with E-state index < -0.39 is 0 Å². The Labute approximate surface area is 161 Å². The van der Waals surface area contributed by atoms with Crippen LogP contribution in [0.1, 0.15) is 72.1 Å². The fourth-order valence-electron chi connectivity index (χ4n) is 3.92. The van der Waals surface area contributed by atoms with Gasteiger partial charge in [-0.2, -0.15) is 0 Å². The first-order chi connectivity index (χ1) is 12.6. The normalized spacial score (nSPS) is 17.0. The highest BCUT2D eigenvalue weighted by Gasteiger charge is 2.21. The predicted molar refractivity (Wildman–Crippen MR) is 110 cm³/mol. The van der Waals surface area contributed by atoms with Gasteiger partial charge in [-0.25, -0.2) is 0 Å². The molecule has 1 aliphatic rings. The van der Waals surface area contributed by atoms with Crippen molar-refractivity contribution in [2.24, 2.45) is 0 Å². The number of hydrogen-bond donors (Lipinski definition) is 1. The zero-order valence-electron chi connectivity index (χ0n) is 17.8. The van der Waals surface area contributed by atoms with Crippen molar-refractivity contribution in [1.82, 2.24) is 15.1 Å². The minimum atomic E-state index is -0.140. The third kappa shape index (κ3) is 9.33. The van der Waals surface area contributed by atoms with Gasteiger partial charge in [-0.05, 0) is 39.2 Å². The van der Waals surface area contributed by atoms with E-state index >= 15 is 0 Å². The third-order valence-electron chi connectivity index (χ3n) is 5.80. The Morgan fingerprint density at radius 1 is 1.08 bits per heavy atom. The van der Waals surface area contributed by atoms with Crippen LogP contribution in [0.15, 0.2) is 0 Å². The molecule has 0 aliphatic heterocycles.